The molecule has 1 aromatic heterocycles. The first-order valence-corrected chi connectivity index (χ1v) is 6.76. The molecule has 1 heterocycles. The number of hydrogen-bond donors (Lipinski definition) is 1. The van der Waals surface area contributed by atoms with E-state index in [1.54, 1.807) is 7.11 Å². The van der Waals surface area contributed by atoms with Crippen molar-refractivity contribution in [3.8, 4) is 17.0 Å². The molecule has 0 aliphatic carbocycles. The second-order valence-corrected chi connectivity index (χ2v) is 4.99. The fourth-order valence-electron chi connectivity index (χ4n) is 2.27. The Balaban J connectivity index is 2.68. The van der Waals surface area contributed by atoms with Gasteiger partial charge in [0.25, 0.3) is 0 Å². The van der Waals surface area contributed by atoms with Crippen molar-refractivity contribution in [2.24, 2.45) is 0 Å². The molecule has 106 valence electrons. The number of ether oxygens (including phenoxy) is 1. The van der Waals surface area contributed by atoms with Crippen LogP contribution >= 0.6 is 0 Å². The molecule has 0 aliphatic rings. The Morgan fingerprint density at radius 2 is 1.80 bits per heavy atom. The van der Waals surface area contributed by atoms with E-state index in [2.05, 4.69) is 23.0 Å². The highest BCUT2D eigenvalue weighted by atomic mass is 16.5. The minimum Gasteiger partial charge on any atom is -0.496 e. The number of hydrogen-bond acceptors (Lipinski definition) is 4. The van der Waals surface area contributed by atoms with Crippen molar-refractivity contribution in [2.75, 3.05) is 12.8 Å². The van der Waals surface area contributed by atoms with E-state index in [9.17, 15) is 0 Å². The van der Waals surface area contributed by atoms with Gasteiger partial charge in [0.1, 0.15) is 17.4 Å². The van der Waals surface area contributed by atoms with Crippen molar-refractivity contribution >= 4 is 5.82 Å². The molecule has 0 atom stereocenters. The average molecular weight is 271 g/mol. The Morgan fingerprint density at radius 1 is 1.10 bits per heavy atom. The summed E-state index contributed by atoms with van der Waals surface area (Å²) in [4.78, 5) is 8.95. The third-order valence-electron chi connectivity index (χ3n) is 3.54. The predicted octanol–water partition coefficient (Wildman–Crippen LogP) is 3.22. The van der Waals surface area contributed by atoms with Crippen LogP contribution in [0.1, 0.15) is 29.4 Å². The number of aromatic nitrogens is 2. The summed E-state index contributed by atoms with van der Waals surface area (Å²) in [6.07, 6.45) is 0.770. The van der Waals surface area contributed by atoms with Crippen molar-refractivity contribution in [3.05, 3.63) is 34.6 Å². The number of methoxy groups -OCH3 is 1. The van der Waals surface area contributed by atoms with Gasteiger partial charge in [-0.05, 0) is 44.0 Å². The van der Waals surface area contributed by atoms with E-state index < -0.39 is 0 Å². The molecule has 2 aromatic rings. The second-order valence-electron chi connectivity index (χ2n) is 4.99. The number of rotatable bonds is 3. The maximum absolute atomic E-state index is 6.00. The molecule has 4 heteroatoms. The topological polar surface area (TPSA) is 61.0 Å². The largest absolute Gasteiger partial charge is 0.496 e. The van der Waals surface area contributed by atoms with Gasteiger partial charge in [0.05, 0.1) is 12.8 Å². The van der Waals surface area contributed by atoms with Crippen LogP contribution in [-0.4, -0.2) is 17.1 Å². The number of aryl methyl sites for hydroxylation is 3. The highest BCUT2D eigenvalue weighted by Gasteiger charge is 2.14. The Morgan fingerprint density at radius 3 is 2.40 bits per heavy atom. The molecule has 0 saturated carbocycles. The van der Waals surface area contributed by atoms with E-state index in [0.717, 1.165) is 45.9 Å². The zero-order valence-corrected chi connectivity index (χ0v) is 12.7. The smallest absolute Gasteiger partial charge is 0.131 e. The maximum atomic E-state index is 6.00. The zero-order chi connectivity index (χ0) is 14.9. The van der Waals surface area contributed by atoms with E-state index >= 15 is 0 Å². The summed E-state index contributed by atoms with van der Waals surface area (Å²) in [5, 5.41) is 0. The molecule has 0 unspecified atom stereocenters. The van der Waals surface area contributed by atoms with E-state index in [1.807, 2.05) is 26.8 Å². The molecule has 0 amide bonds. The molecule has 2 N–H and O–H groups in total. The summed E-state index contributed by atoms with van der Waals surface area (Å²) in [6, 6.07) is 4.14. The first-order chi connectivity index (χ1) is 9.47. The second kappa shape index (κ2) is 5.49. The van der Waals surface area contributed by atoms with Crippen molar-refractivity contribution in [1.29, 1.82) is 0 Å². The number of nitrogens with two attached hydrogens (primary N) is 1. The van der Waals surface area contributed by atoms with Gasteiger partial charge in [0, 0.05) is 17.5 Å². The number of benzene rings is 1. The number of nitrogen functional groups attached to an aromatic ring is 1. The Hall–Kier alpha value is -2.10. The molecular formula is C16H21N3O. The number of anilines is 1. The fraction of sp³-hybridized carbons (Fsp3) is 0.375. The van der Waals surface area contributed by atoms with Gasteiger partial charge in [-0.1, -0.05) is 6.92 Å². The van der Waals surface area contributed by atoms with E-state index in [-0.39, 0.29) is 0 Å². The molecule has 0 bridgehead atoms. The molecular weight excluding hydrogens is 250 g/mol. The minimum atomic E-state index is 0.555. The van der Waals surface area contributed by atoms with Crippen LogP contribution in [0, 0.1) is 20.8 Å². The van der Waals surface area contributed by atoms with E-state index in [4.69, 9.17) is 10.5 Å². The van der Waals surface area contributed by atoms with Gasteiger partial charge in [-0.15, -0.1) is 0 Å². The van der Waals surface area contributed by atoms with Gasteiger partial charge in [0.2, 0.25) is 0 Å². The molecule has 0 radical (unpaired) electrons. The van der Waals surface area contributed by atoms with Crippen LogP contribution in [0.15, 0.2) is 12.1 Å². The lowest BCUT2D eigenvalue weighted by Crippen LogP contribution is -2.05. The lowest BCUT2D eigenvalue weighted by Gasteiger charge is -2.14. The molecule has 0 saturated heterocycles. The Bertz CT molecular complexity index is 651. The molecule has 0 fully saturated rings. The zero-order valence-electron chi connectivity index (χ0n) is 12.7. The minimum absolute atomic E-state index is 0.555. The summed E-state index contributed by atoms with van der Waals surface area (Å²) < 4.78 is 5.36. The average Bonchev–Trinajstić information content (AvgIpc) is 2.44. The predicted molar refractivity (Wildman–Crippen MR) is 82.0 cm³/mol. The van der Waals surface area contributed by atoms with E-state index in [0.29, 0.717) is 5.82 Å². The molecule has 2 rings (SSSR count). The van der Waals surface area contributed by atoms with Crippen LogP contribution in [0.25, 0.3) is 11.3 Å². The van der Waals surface area contributed by atoms with Gasteiger partial charge in [-0.2, -0.15) is 0 Å². The van der Waals surface area contributed by atoms with Crippen LogP contribution in [-0.2, 0) is 6.42 Å². The summed E-state index contributed by atoms with van der Waals surface area (Å²) in [6.45, 7) is 8.08. The van der Waals surface area contributed by atoms with Crippen LogP contribution in [0.4, 0.5) is 5.82 Å². The van der Waals surface area contributed by atoms with Gasteiger partial charge in [-0.25, -0.2) is 9.97 Å². The highest BCUT2D eigenvalue weighted by molar-refractivity contribution is 5.72. The fourth-order valence-corrected chi connectivity index (χ4v) is 2.27. The van der Waals surface area contributed by atoms with Crippen LogP contribution in [0.2, 0.25) is 0 Å². The molecule has 0 aliphatic heterocycles. The summed E-state index contributed by atoms with van der Waals surface area (Å²) in [5.41, 5.74) is 11.1. The Labute approximate surface area is 120 Å². The quantitative estimate of drug-likeness (QED) is 0.931. The monoisotopic (exact) mass is 271 g/mol. The molecule has 0 spiro atoms. The first kappa shape index (κ1) is 14.3. The lowest BCUT2D eigenvalue weighted by molar-refractivity contribution is 0.411. The summed E-state index contributed by atoms with van der Waals surface area (Å²) in [7, 11) is 1.69. The van der Waals surface area contributed by atoms with E-state index in [1.165, 1.54) is 0 Å². The van der Waals surface area contributed by atoms with Crippen LogP contribution < -0.4 is 10.5 Å². The summed E-state index contributed by atoms with van der Waals surface area (Å²) in [5.74, 6) is 2.22. The van der Waals surface area contributed by atoms with Crippen molar-refractivity contribution < 1.29 is 4.74 Å². The molecule has 20 heavy (non-hydrogen) atoms. The number of nitrogens with zero attached hydrogens (tertiary/aromatic N) is 2. The van der Waals surface area contributed by atoms with Crippen molar-refractivity contribution in [1.82, 2.24) is 9.97 Å². The highest BCUT2D eigenvalue weighted by Crippen LogP contribution is 2.32. The normalized spacial score (nSPS) is 10.7. The standard InChI is InChI=1S/C16H21N3O/c1-6-14-18-15(11(4)16(17)19-14)12-7-10(3)13(20-5)8-9(12)2/h7-8H,6H2,1-5H3,(H2,17,18,19). The van der Waals surface area contributed by atoms with Crippen molar-refractivity contribution in [2.45, 2.75) is 34.1 Å². The van der Waals surface area contributed by atoms with Gasteiger partial charge in [0.15, 0.2) is 0 Å². The third-order valence-corrected chi connectivity index (χ3v) is 3.54. The van der Waals surface area contributed by atoms with Crippen molar-refractivity contribution in [3.63, 3.8) is 0 Å². The van der Waals surface area contributed by atoms with Crippen LogP contribution in [0.3, 0.4) is 0 Å². The Kier molecular flexibility index (Phi) is 3.93. The summed E-state index contributed by atoms with van der Waals surface area (Å²) >= 11 is 0. The SMILES string of the molecule is CCc1nc(N)c(C)c(-c2cc(C)c(OC)cc2C)n1. The van der Waals surface area contributed by atoms with Gasteiger partial charge < -0.3 is 10.5 Å². The van der Waals surface area contributed by atoms with Gasteiger partial charge >= 0.3 is 0 Å². The maximum Gasteiger partial charge on any atom is 0.131 e. The van der Waals surface area contributed by atoms with Crippen LogP contribution in [0.5, 0.6) is 5.75 Å². The van der Waals surface area contributed by atoms with Gasteiger partial charge in [-0.3, -0.25) is 0 Å². The molecule has 4 nitrogen and oxygen atoms in total. The molecule has 1 aromatic carbocycles. The first-order valence-electron chi connectivity index (χ1n) is 6.76. The lowest BCUT2D eigenvalue weighted by atomic mass is 9.99. The third kappa shape index (κ3) is 2.46.